The van der Waals surface area contributed by atoms with Gasteiger partial charge in [0, 0.05) is 32.1 Å². The van der Waals surface area contributed by atoms with Gasteiger partial charge in [-0.3, -0.25) is 4.79 Å². The van der Waals surface area contributed by atoms with Gasteiger partial charge in [-0.2, -0.15) is 0 Å². The van der Waals surface area contributed by atoms with Gasteiger partial charge in [-0.15, -0.1) is 0 Å². The highest BCUT2D eigenvalue weighted by Gasteiger charge is 2.36. The summed E-state index contributed by atoms with van der Waals surface area (Å²) in [6.45, 7) is 2.80. The number of piperidine rings is 1. The molecule has 0 saturated carbocycles. The third kappa shape index (κ3) is 2.07. The van der Waals surface area contributed by atoms with Crippen LogP contribution in [0.25, 0.3) is 0 Å². The first-order chi connectivity index (χ1) is 7.62. The Morgan fingerprint density at radius 1 is 1.44 bits per heavy atom. The van der Waals surface area contributed by atoms with Gasteiger partial charge in [0.2, 0.25) is 0 Å². The minimum Gasteiger partial charge on any atom is -0.382 e. The quantitative estimate of drug-likeness (QED) is 0.808. The number of aliphatic hydroxyl groups is 1. The molecule has 16 heavy (non-hydrogen) atoms. The normalized spacial score (nSPS) is 19.5. The lowest BCUT2D eigenvalue weighted by Gasteiger charge is -2.37. The molecule has 0 unspecified atom stereocenters. The van der Waals surface area contributed by atoms with E-state index in [4.69, 9.17) is 0 Å². The zero-order valence-electron chi connectivity index (χ0n) is 9.39. The standard InChI is InChI=1S/C12H16N2O2/c1-10(15)12(16)5-8-14(9-6-12)11-4-2-3-7-13-11/h2-4,7,16H,5-6,8-9H2,1H3. The molecule has 86 valence electrons. The molecular weight excluding hydrogens is 204 g/mol. The molecule has 0 atom stereocenters. The summed E-state index contributed by atoms with van der Waals surface area (Å²) in [5, 5.41) is 10.0. The third-order valence-corrected chi connectivity index (χ3v) is 3.22. The van der Waals surface area contributed by atoms with Crippen molar-refractivity contribution in [2.75, 3.05) is 18.0 Å². The molecule has 2 rings (SSSR count). The molecule has 0 aliphatic carbocycles. The smallest absolute Gasteiger partial charge is 0.161 e. The Hall–Kier alpha value is -1.42. The van der Waals surface area contributed by atoms with Gasteiger partial charge in [0.05, 0.1) is 0 Å². The number of pyridine rings is 1. The van der Waals surface area contributed by atoms with E-state index < -0.39 is 5.60 Å². The van der Waals surface area contributed by atoms with Crippen molar-refractivity contribution in [3.05, 3.63) is 24.4 Å². The van der Waals surface area contributed by atoms with Crippen molar-refractivity contribution in [3.8, 4) is 0 Å². The maximum Gasteiger partial charge on any atom is 0.161 e. The van der Waals surface area contributed by atoms with Gasteiger partial charge in [-0.05, 0) is 19.1 Å². The maximum absolute atomic E-state index is 11.3. The Morgan fingerprint density at radius 2 is 2.12 bits per heavy atom. The summed E-state index contributed by atoms with van der Waals surface area (Å²) in [6.07, 6.45) is 2.72. The highest BCUT2D eigenvalue weighted by Crippen LogP contribution is 2.25. The van der Waals surface area contributed by atoms with E-state index in [0.29, 0.717) is 25.9 Å². The lowest BCUT2D eigenvalue weighted by molar-refractivity contribution is -0.137. The maximum atomic E-state index is 11.3. The van der Waals surface area contributed by atoms with Crippen LogP contribution in [0.3, 0.4) is 0 Å². The SMILES string of the molecule is CC(=O)C1(O)CCN(c2ccccn2)CC1. The predicted molar refractivity (Wildman–Crippen MR) is 61.3 cm³/mol. The van der Waals surface area contributed by atoms with Gasteiger partial charge in [0.1, 0.15) is 11.4 Å². The van der Waals surface area contributed by atoms with E-state index in [2.05, 4.69) is 9.88 Å². The van der Waals surface area contributed by atoms with Crippen LogP contribution >= 0.6 is 0 Å². The zero-order valence-corrected chi connectivity index (χ0v) is 9.39. The highest BCUT2D eigenvalue weighted by molar-refractivity contribution is 5.84. The summed E-state index contributed by atoms with van der Waals surface area (Å²) in [5.74, 6) is 0.779. The molecule has 1 aliphatic heterocycles. The van der Waals surface area contributed by atoms with Crippen LogP contribution in [-0.2, 0) is 4.79 Å². The number of nitrogens with zero attached hydrogens (tertiary/aromatic N) is 2. The van der Waals surface area contributed by atoms with E-state index in [0.717, 1.165) is 5.82 Å². The van der Waals surface area contributed by atoms with Crippen molar-refractivity contribution >= 4 is 11.6 Å². The molecule has 0 spiro atoms. The number of hydrogen-bond acceptors (Lipinski definition) is 4. The first-order valence-electron chi connectivity index (χ1n) is 5.51. The molecule has 0 aromatic carbocycles. The fourth-order valence-electron chi connectivity index (χ4n) is 2.00. The Morgan fingerprint density at radius 3 is 2.62 bits per heavy atom. The van der Waals surface area contributed by atoms with E-state index in [1.165, 1.54) is 6.92 Å². The Labute approximate surface area is 94.9 Å². The molecule has 2 heterocycles. The molecule has 4 nitrogen and oxygen atoms in total. The van der Waals surface area contributed by atoms with Crippen LogP contribution in [0.15, 0.2) is 24.4 Å². The van der Waals surface area contributed by atoms with Gasteiger partial charge in [-0.25, -0.2) is 4.98 Å². The molecule has 1 aromatic rings. The van der Waals surface area contributed by atoms with Crippen molar-refractivity contribution in [3.63, 3.8) is 0 Å². The third-order valence-electron chi connectivity index (χ3n) is 3.22. The number of Topliss-reactive ketones (excluding diaryl/α,β-unsaturated/α-hetero) is 1. The number of carbonyl (C=O) groups is 1. The molecule has 1 saturated heterocycles. The minimum absolute atomic E-state index is 0.131. The number of carbonyl (C=O) groups excluding carboxylic acids is 1. The molecule has 0 radical (unpaired) electrons. The number of aromatic nitrogens is 1. The average Bonchev–Trinajstić information content (AvgIpc) is 2.31. The topological polar surface area (TPSA) is 53.4 Å². The number of anilines is 1. The van der Waals surface area contributed by atoms with Crippen LogP contribution in [0.5, 0.6) is 0 Å². The van der Waals surface area contributed by atoms with Crippen molar-refractivity contribution in [2.24, 2.45) is 0 Å². The summed E-state index contributed by atoms with van der Waals surface area (Å²) in [7, 11) is 0. The monoisotopic (exact) mass is 220 g/mol. The Balaban J connectivity index is 2.03. The molecule has 4 heteroatoms. The fraction of sp³-hybridized carbons (Fsp3) is 0.500. The Bertz CT molecular complexity index is 370. The predicted octanol–water partition coefficient (Wildman–Crippen LogP) is 1.00. The minimum atomic E-state index is -1.12. The number of hydrogen-bond donors (Lipinski definition) is 1. The largest absolute Gasteiger partial charge is 0.382 e. The van der Waals surface area contributed by atoms with Crippen molar-refractivity contribution in [1.82, 2.24) is 4.98 Å². The number of rotatable bonds is 2. The van der Waals surface area contributed by atoms with Crippen LogP contribution in [0.4, 0.5) is 5.82 Å². The molecule has 0 amide bonds. The van der Waals surface area contributed by atoms with E-state index >= 15 is 0 Å². The van der Waals surface area contributed by atoms with Gasteiger partial charge in [-0.1, -0.05) is 6.07 Å². The summed E-state index contributed by atoms with van der Waals surface area (Å²) >= 11 is 0. The van der Waals surface area contributed by atoms with E-state index in [1.807, 2.05) is 18.2 Å². The summed E-state index contributed by atoms with van der Waals surface area (Å²) < 4.78 is 0. The van der Waals surface area contributed by atoms with Crippen molar-refractivity contribution in [2.45, 2.75) is 25.4 Å². The van der Waals surface area contributed by atoms with Gasteiger partial charge in [0.15, 0.2) is 5.78 Å². The van der Waals surface area contributed by atoms with Crippen molar-refractivity contribution in [1.29, 1.82) is 0 Å². The first-order valence-corrected chi connectivity index (χ1v) is 5.51. The second-order valence-corrected chi connectivity index (χ2v) is 4.26. The van der Waals surface area contributed by atoms with E-state index in [-0.39, 0.29) is 5.78 Å². The molecule has 0 bridgehead atoms. The second kappa shape index (κ2) is 4.22. The Kier molecular flexibility index (Phi) is 2.92. The average molecular weight is 220 g/mol. The molecular formula is C12H16N2O2. The van der Waals surface area contributed by atoms with Crippen LogP contribution in [-0.4, -0.2) is 34.6 Å². The second-order valence-electron chi connectivity index (χ2n) is 4.26. The summed E-state index contributed by atoms with van der Waals surface area (Å²) in [5.41, 5.74) is -1.12. The molecule has 1 fully saturated rings. The molecule has 1 aromatic heterocycles. The van der Waals surface area contributed by atoms with E-state index in [1.54, 1.807) is 6.20 Å². The first kappa shape index (κ1) is 11.1. The lowest BCUT2D eigenvalue weighted by atomic mass is 9.88. The summed E-state index contributed by atoms with van der Waals surface area (Å²) in [4.78, 5) is 17.6. The number of ketones is 1. The highest BCUT2D eigenvalue weighted by atomic mass is 16.3. The van der Waals surface area contributed by atoms with Crippen LogP contribution in [0, 0.1) is 0 Å². The fourth-order valence-corrected chi connectivity index (χ4v) is 2.00. The van der Waals surface area contributed by atoms with Crippen molar-refractivity contribution < 1.29 is 9.90 Å². The van der Waals surface area contributed by atoms with Crippen LogP contribution in [0.1, 0.15) is 19.8 Å². The summed E-state index contributed by atoms with van der Waals surface area (Å²) in [6, 6.07) is 5.76. The molecule has 1 aliphatic rings. The lowest BCUT2D eigenvalue weighted by Crippen LogP contribution is -2.48. The van der Waals surface area contributed by atoms with Gasteiger partial charge < -0.3 is 10.0 Å². The molecule has 1 N–H and O–H groups in total. The van der Waals surface area contributed by atoms with Gasteiger partial charge >= 0.3 is 0 Å². The van der Waals surface area contributed by atoms with E-state index in [9.17, 15) is 9.90 Å². The van der Waals surface area contributed by atoms with Crippen LogP contribution < -0.4 is 4.90 Å². The zero-order chi connectivity index (χ0) is 11.6. The van der Waals surface area contributed by atoms with Gasteiger partial charge in [0.25, 0.3) is 0 Å². The van der Waals surface area contributed by atoms with Crippen LogP contribution in [0.2, 0.25) is 0 Å².